The molecular formula is C13H9N3O2. The summed E-state index contributed by atoms with van der Waals surface area (Å²) in [5, 5.41) is 18.0. The Morgan fingerprint density at radius 3 is 2.22 bits per heavy atom. The summed E-state index contributed by atoms with van der Waals surface area (Å²) < 4.78 is 10.3. The van der Waals surface area contributed by atoms with E-state index >= 15 is 0 Å². The molecule has 0 unspecified atom stereocenters. The van der Waals surface area contributed by atoms with Crippen molar-refractivity contribution >= 4 is 5.88 Å². The fourth-order valence-electron chi connectivity index (χ4n) is 1.61. The first-order chi connectivity index (χ1) is 8.71. The molecule has 0 atom stereocenters. The van der Waals surface area contributed by atoms with Crippen LogP contribution in [0.2, 0.25) is 0 Å². The molecule has 0 saturated carbocycles. The predicted octanol–water partition coefficient (Wildman–Crippen LogP) is 2.28. The number of nitrogen functional groups attached to an aromatic ring is 1. The van der Waals surface area contributed by atoms with Crippen molar-refractivity contribution in [2.45, 2.75) is 0 Å². The highest BCUT2D eigenvalue weighted by Crippen LogP contribution is 2.32. The van der Waals surface area contributed by atoms with E-state index in [4.69, 9.17) is 25.4 Å². The lowest BCUT2D eigenvalue weighted by molar-refractivity contribution is 0.415. The van der Waals surface area contributed by atoms with Gasteiger partial charge in [0, 0.05) is 5.56 Å². The van der Waals surface area contributed by atoms with Gasteiger partial charge in [-0.2, -0.15) is 10.5 Å². The smallest absolute Gasteiger partial charge is 0.210 e. The first-order valence-electron chi connectivity index (χ1n) is 5.08. The Balaban J connectivity index is 2.58. The van der Waals surface area contributed by atoms with Crippen LogP contribution in [0.15, 0.2) is 28.7 Å². The fourth-order valence-corrected chi connectivity index (χ4v) is 1.61. The quantitative estimate of drug-likeness (QED) is 0.867. The van der Waals surface area contributed by atoms with Crippen molar-refractivity contribution in [1.29, 1.82) is 10.5 Å². The molecule has 0 aliphatic rings. The van der Waals surface area contributed by atoms with Crippen molar-refractivity contribution in [3.63, 3.8) is 0 Å². The van der Waals surface area contributed by atoms with Crippen LogP contribution in [0.1, 0.15) is 11.1 Å². The van der Waals surface area contributed by atoms with E-state index in [-0.39, 0.29) is 17.0 Å². The zero-order valence-electron chi connectivity index (χ0n) is 9.60. The van der Waals surface area contributed by atoms with Crippen LogP contribution < -0.4 is 10.5 Å². The summed E-state index contributed by atoms with van der Waals surface area (Å²) in [6.07, 6.45) is 0. The van der Waals surface area contributed by atoms with Crippen molar-refractivity contribution in [3.8, 4) is 29.2 Å². The number of hydrogen-bond donors (Lipinski definition) is 1. The van der Waals surface area contributed by atoms with Gasteiger partial charge in [-0.3, -0.25) is 0 Å². The zero-order valence-corrected chi connectivity index (χ0v) is 9.60. The molecule has 0 aliphatic carbocycles. The summed E-state index contributed by atoms with van der Waals surface area (Å²) in [5.74, 6) is 0.950. The van der Waals surface area contributed by atoms with E-state index in [1.165, 1.54) is 0 Å². The average molecular weight is 239 g/mol. The van der Waals surface area contributed by atoms with Gasteiger partial charge in [-0.1, -0.05) is 0 Å². The van der Waals surface area contributed by atoms with E-state index in [1.807, 2.05) is 12.1 Å². The molecule has 0 aliphatic heterocycles. The number of rotatable bonds is 2. The van der Waals surface area contributed by atoms with Crippen molar-refractivity contribution in [3.05, 3.63) is 35.4 Å². The molecule has 18 heavy (non-hydrogen) atoms. The molecule has 1 aromatic heterocycles. The average Bonchev–Trinajstić information content (AvgIpc) is 2.74. The van der Waals surface area contributed by atoms with Gasteiger partial charge in [0.15, 0.2) is 5.76 Å². The molecule has 5 nitrogen and oxygen atoms in total. The highest BCUT2D eigenvalue weighted by molar-refractivity contribution is 5.73. The van der Waals surface area contributed by atoms with Gasteiger partial charge in [-0.05, 0) is 24.3 Å². The van der Waals surface area contributed by atoms with Crippen LogP contribution in [0.3, 0.4) is 0 Å². The van der Waals surface area contributed by atoms with E-state index in [0.29, 0.717) is 17.1 Å². The highest BCUT2D eigenvalue weighted by atomic mass is 16.5. The number of ether oxygens (including phenoxy) is 1. The first-order valence-corrected chi connectivity index (χ1v) is 5.08. The first kappa shape index (κ1) is 11.6. The third kappa shape index (κ3) is 1.74. The molecule has 0 bridgehead atoms. The van der Waals surface area contributed by atoms with Crippen LogP contribution >= 0.6 is 0 Å². The number of benzene rings is 1. The molecule has 2 rings (SSSR count). The lowest BCUT2D eigenvalue weighted by Crippen LogP contribution is -1.86. The van der Waals surface area contributed by atoms with Crippen LogP contribution in [0, 0.1) is 22.7 Å². The van der Waals surface area contributed by atoms with Crippen LogP contribution in [-0.2, 0) is 0 Å². The predicted molar refractivity (Wildman–Crippen MR) is 64.5 cm³/mol. The Labute approximate surface area is 104 Å². The fraction of sp³-hybridized carbons (Fsp3) is 0.0769. The number of hydrogen-bond acceptors (Lipinski definition) is 5. The minimum absolute atomic E-state index is 0.0418. The molecule has 0 radical (unpaired) electrons. The summed E-state index contributed by atoms with van der Waals surface area (Å²) in [6.45, 7) is 0. The SMILES string of the molecule is COc1ccc(-c2oc(N)c(C#N)c2C#N)cc1. The Hall–Kier alpha value is -2.92. The second-order valence-electron chi connectivity index (χ2n) is 3.50. The van der Waals surface area contributed by atoms with Gasteiger partial charge in [0.25, 0.3) is 0 Å². The Bertz CT molecular complexity index is 657. The normalized spacial score (nSPS) is 9.50. The second kappa shape index (κ2) is 4.52. The van der Waals surface area contributed by atoms with E-state index in [0.717, 1.165) is 0 Å². The molecule has 0 saturated heterocycles. The van der Waals surface area contributed by atoms with Crippen molar-refractivity contribution < 1.29 is 9.15 Å². The summed E-state index contributed by atoms with van der Waals surface area (Å²) in [6, 6.07) is 10.7. The number of nitrogens with zero attached hydrogens (tertiary/aromatic N) is 2. The standard InChI is InChI=1S/C13H9N3O2/c1-17-9-4-2-8(3-5-9)12-10(6-14)11(7-15)13(16)18-12/h2-5H,16H2,1H3. The lowest BCUT2D eigenvalue weighted by Gasteiger charge is -2.01. The lowest BCUT2D eigenvalue weighted by atomic mass is 10.1. The summed E-state index contributed by atoms with van der Waals surface area (Å²) in [5.41, 5.74) is 6.45. The van der Waals surface area contributed by atoms with Crippen molar-refractivity contribution in [2.75, 3.05) is 12.8 Å². The van der Waals surface area contributed by atoms with Gasteiger partial charge < -0.3 is 14.9 Å². The molecule has 2 aromatic rings. The molecular weight excluding hydrogens is 230 g/mol. The molecule has 0 amide bonds. The number of furan rings is 1. The minimum atomic E-state index is -0.0418. The van der Waals surface area contributed by atoms with Crippen molar-refractivity contribution in [1.82, 2.24) is 0 Å². The van der Waals surface area contributed by atoms with Crippen LogP contribution in [-0.4, -0.2) is 7.11 Å². The van der Waals surface area contributed by atoms with E-state index < -0.39 is 0 Å². The molecule has 5 heteroatoms. The molecule has 1 aromatic carbocycles. The molecule has 88 valence electrons. The minimum Gasteiger partial charge on any atom is -0.497 e. The second-order valence-corrected chi connectivity index (χ2v) is 3.50. The monoisotopic (exact) mass is 239 g/mol. The van der Waals surface area contributed by atoms with Crippen LogP contribution in [0.5, 0.6) is 5.75 Å². The molecule has 1 heterocycles. The van der Waals surface area contributed by atoms with E-state index in [1.54, 1.807) is 31.4 Å². The number of anilines is 1. The molecule has 0 spiro atoms. The Kier molecular flexibility index (Phi) is 2.90. The van der Waals surface area contributed by atoms with Gasteiger partial charge in [-0.25, -0.2) is 0 Å². The maximum atomic E-state index is 9.06. The Morgan fingerprint density at radius 2 is 1.72 bits per heavy atom. The summed E-state index contributed by atoms with van der Waals surface area (Å²) in [7, 11) is 1.56. The van der Waals surface area contributed by atoms with Gasteiger partial charge in [-0.15, -0.1) is 0 Å². The van der Waals surface area contributed by atoms with Gasteiger partial charge >= 0.3 is 0 Å². The maximum Gasteiger partial charge on any atom is 0.210 e. The van der Waals surface area contributed by atoms with Gasteiger partial charge in [0.05, 0.1) is 7.11 Å². The number of methoxy groups -OCH3 is 1. The summed E-state index contributed by atoms with van der Waals surface area (Å²) >= 11 is 0. The molecule has 0 fully saturated rings. The summed E-state index contributed by atoms with van der Waals surface area (Å²) in [4.78, 5) is 0. The largest absolute Gasteiger partial charge is 0.497 e. The number of nitriles is 2. The van der Waals surface area contributed by atoms with Crippen molar-refractivity contribution in [2.24, 2.45) is 0 Å². The van der Waals surface area contributed by atoms with Crippen LogP contribution in [0.25, 0.3) is 11.3 Å². The third-order valence-electron chi connectivity index (χ3n) is 2.51. The van der Waals surface area contributed by atoms with Crippen LogP contribution in [0.4, 0.5) is 5.88 Å². The topological polar surface area (TPSA) is 96.0 Å². The third-order valence-corrected chi connectivity index (χ3v) is 2.51. The molecule has 2 N–H and O–H groups in total. The maximum absolute atomic E-state index is 9.06. The van der Waals surface area contributed by atoms with E-state index in [9.17, 15) is 0 Å². The highest BCUT2D eigenvalue weighted by Gasteiger charge is 2.19. The zero-order chi connectivity index (χ0) is 13.1. The van der Waals surface area contributed by atoms with Gasteiger partial charge in [0.2, 0.25) is 5.88 Å². The van der Waals surface area contributed by atoms with Gasteiger partial charge in [0.1, 0.15) is 29.0 Å². The Morgan fingerprint density at radius 1 is 1.11 bits per heavy atom. The number of nitrogens with two attached hydrogens (primary N) is 1. The van der Waals surface area contributed by atoms with E-state index in [2.05, 4.69) is 0 Å².